The van der Waals surface area contributed by atoms with E-state index in [-0.39, 0.29) is 0 Å². The van der Waals surface area contributed by atoms with Crippen LogP contribution < -0.4 is 10.6 Å². The van der Waals surface area contributed by atoms with Gasteiger partial charge in [0.05, 0.1) is 5.69 Å². The Morgan fingerprint density at radius 1 is 1.40 bits per heavy atom. The molecule has 0 atom stereocenters. The number of nitrogens with two attached hydrogens (primary N) is 1. The SMILES string of the molecule is CC1CCC(N(C)c2nc3sccn3c2CCN)CC1. The van der Waals surface area contributed by atoms with Crippen LogP contribution in [0.1, 0.15) is 38.3 Å². The van der Waals surface area contributed by atoms with Gasteiger partial charge in [0.15, 0.2) is 10.8 Å². The minimum atomic E-state index is 0.632. The summed E-state index contributed by atoms with van der Waals surface area (Å²) in [5, 5.41) is 2.09. The molecule has 2 N–H and O–H groups in total. The second-order valence-corrected chi connectivity index (χ2v) is 6.87. The average Bonchev–Trinajstić information content (AvgIpc) is 3.02. The second-order valence-electron chi connectivity index (χ2n) is 6.00. The Hall–Kier alpha value is -1.07. The first-order valence-electron chi connectivity index (χ1n) is 7.58. The lowest BCUT2D eigenvalue weighted by Crippen LogP contribution is -2.35. The van der Waals surface area contributed by atoms with Crippen LogP contribution in [0.15, 0.2) is 11.6 Å². The molecule has 2 aromatic rings. The number of imidazole rings is 1. The fourth-order valence-electron chi connectivity index (χ4n) is 3.28. The van der Waals surface area contributed by atoms with Gasteiger partial charge in [-0.2, -0.15) is 0 Å². The van der Waals surface area contributed by atoms with E-state index in [4.69, 9.17) is 10.7 Å². The summed E-state index contributed by atoms with van der Waals surface area (Å²) in [6, 6.07) is 0.632. The first kappa shape index (κ1) is 13.9. The number of fused-ring (bicyclic) bond motifs is 1. The summed E-state index contributed by atoms with van der Waals surface area (Å²) < 4.78 is 2.20. The Labute approximate surface area is 124 Å². The predicted molar refractivity (Wildman–Crippen MR) is 85.7 cm³/mol. The summed E-state index contributed by atoms with van der Waals surface area (Å²) in [4.78, 5) is 8.32. The van der Waals surface area contributed by atoms with Gasteiger partial charge in [0.1, 0.15) is 0 Å². The molecule has 0 radical (unpaired) electrons. The molecule has 0 unspecified atom stereocenters. The molecule has 0 aromatic carbocycles. The minimum absolute atomic E-state index is 0.632. The van der Waals surface area contributed by atoms with Crippen molar-refractivity contribution in [1.29, 1.82) is 0 Å². The van der Waals surface area contributed by atoms with Crippen molar-refractivity contribution in [2.75, 3.05) is 18.5 Å². The maximum Gasteiger partial charge on any atom is 0.195 e. The zero-order valence-electron chi connectivity index (χ0n) is 12.4. The maximum absolute atomic E-state index is 5.79. The molecule has 2 heterocycles. The fraction of sp³-hybridized carbons (Fsp3) is 0.667. The molecule has 0 spiro atoms. The number of anilines is 1. The lowest BCUT2D eigenvalue weighted by molar-refractivity contribution is 0.340. The molecule has 4 nitrogen and oxygen atoms in total. The summed E-state index contributed by atoms with van der Waals surface area (Å²) in [6.45, 7) is 3.04. The van der Waals surface area contributed by atoms with Gasteiger partial charge in [0.25, 0.3) is 0 Å². The summed E-state index contributed by atoms with van der Waals surface area (Å²) in [6.07, 6.45) is 8.24. The molecule has 1 fully saturated rings. The molecule has 20 heavy (non-hydrogen) atoms. The van der Waals surface area contributed by atoms with Crippen molar-refractivity contribution in [2.24, 2.45) is 11.7 Å². The minimum Gasteiger partial charge on any atom is -0.355 e. The second kappa shape index (κ2) is 5.74. The van der Waals surface area contributed by atoms with E-state index in [0.717, 1.165) is 23.1 Å². The van der Waals surface area contributed by atoms with Gasteiger partial charge in [-0.15, -0.1) is 11.3 Å². The lowest BCUT2D eigenvalue weighted by Gasteiger charge is -2.34. The van der Waals surface area contributed by atoms with Crippen molar-refractivity contribution >= 4 is 22.1 Å². The van der Waals surface area contributed by atoms with Crippen LogP contribution in [-0.2, 0) is 6.42 Å². The van der Waals surface area contributed by atoms with Gasteiger partial charge in [-0.3, -0.25) is 4.40 Å². The van der Waals surface area contributed by atoms with E-state index < -0.39 is 0 Å². The van der Waals surface area contributed by atoms with Crippen LogP contribution in [0.25, 0.3) is 4.96 Å². The monoisotopic (exact) mass is 292 g/mol. The number of hydrogen-bond donors (Lipinski definition) is 1. The molecule has 0 amide bonds. The van der Waals surface area contributed by atoms with Crippen LogP contribution in [0.2, 0.25) is 0 Å². The largest absolute Gasteiger partial charge is 0.355 e. The first-order chi connectivity index (χ1) is 9.70. The maximum atomic E-state index is 5.79. The van der Waals surface area contributed by atoms with Crippen LogP contribution in [0.5, 0.6) is 0 Å². The number of hydrogen-bond acceptors (Lipinski definition) is 4. The normalized spacial score (nSPS) is 23.4. The van der Waals surface area contributed by atoms with E-state index in [2.05, 4.69) is 34.8 Å². The van der Waals surface area contributed by atoms with E-state index in [1.54, 1.807) is 11.3 Å². The third-order valence-electron chi connectivity index (χ3n) is 4.59. The van der Waals surface area contributed by atoms with E-state index in [1.807, 2.05) is 0 Å². The van der Waals surface area contributed by atoms with E-state index in [1.165, 1.54) is 31.4 Å². The van der Waals surface area contributed by atoms with Crippen molar-refractivity contribution < 1.29 is 0 Å². The first-order valence-corrected chi connectivity index (χ1v) is 8.46. The Balaban J connectivity index is 1.88. The molecule has 1 aliphatic rings. The number of rotatable bonds is 4. The van der Waals surface area contributed by atoms with Gasteiger partial charge in [-0.05, 0) is 38.1 Å². The third-order valence-corrected chi connectivity index (χ3v) is 5.34. The van der Waals surface area contributed by atoms with Crippen LogP contribution in [0.3, 0.4) is 0 Å². The number of nitrogens with zero attached hydrogens (tertiary/aromatic N) is 3. The molecule has 2 aromatic heterocycles. The van der Waals surface area contributed by atoms with Crippen LogP contribution in [-0.4, -0.2) is 29.0 Å². The third kappa shape index (κ3) is 2.44. The molecule has 1 saturated carbocycles. The van der Waals surface area contributed by atoms with Gasteiger partial charge >= 0.3 is 0 Å². The highest BCUT2D eigenvalue weighted by Crippen LogP contribution is 2.31. The molecular weight excluding hydrogens is 268 g/mol. The fourth-order valence-corrected chi connectivity index (χ4v) is 4.00. The van der Waals surface area contributed by atoms with E-state index in [9.17, 15) is 0 Å². The summed E-state index contributed by atoms with van der Waals surface area (Å²) in [7, 11) is 2.20. The molecule has 5 heteroatoms. The summed E-state index contributed by atoms with van der Waals surface area (Å²) in [5.74, 6) is 2.02. The zero-order valence-corrected chi connectivity index (χ0v) is 13.2. The molecule has 0 bridgehead atoms. The number of thiazole rings is 1. The Kier molecular flexibility index (Phi) is 3.98. The highest BCUT2D eigenvalue weighted by Gasteiger charge is 2.25. The van der Waals surface area contributed by atoms with Crippen molar-refractivity contribution in [3.8, 4) is 0 Å². The molecular formula is C15H24N4S. The van der Waals surface area contributed by atoms with Crippen molar-refractivity contribution in [3.05, 3.63) is 17.3 Å². The molecule has 1 aliphatic carbocycles. The van der Waals surface area contributed by atoms with Crippen LogP contribution >= 0.6 is 11.3 Å². The molecule has 110 valence electrons. The molecule has 0 saturated heterocycles. The zero-order chi connectivity index (χ0) is 14.1. The number of aromatic nitrogens is 2. The Morgan fingerprint density at radius 2 is 2.15 bits per heavy atom. The quantitative estimate of drug-likeness (QED) is 0.942. The van der Waals surface area contributed by atoms with Gasteiger partial charge in [0.2, 0.25) is 0 Å². The van der Waals surface area contributed by atoms with Crippen molar-refractivity contribution in [3.63, 3.8) is 0 Å². The van der Waals surface area contributed by atoms with Gasteiger partial charge in [-0.25, -0.2) is 4.98 Å². The average molecular weight is 292 g/mol. The van der Waals surface area contributed by atoms with Gasteiger partial charge in [-0.1, -0.05) is 6.92 Å². The summed E-state index contributed by atoms with van der Waals surface area (Å²) in [5.41, 5.74) is 7.06. The van der Waals surface area contributed by atoms with Crippen LogP contribution in [0, 0.1) is 5.92 Å². The molecule has 3 rings (SSSR count). The smallest absolute Gasteiger partial charge is 0.195 e. The topological polar surface area (TPSA) is 46.6 Å². The van der Waals surface area contributed by atoms with Crippen LogP contribution in [0.4, 0.5) is 5.82 Å². The Bertz CT molecular complexity index is 565. The van der Waals surface area contributed by atoms with Crippen molar-refractivity contribution in [1.82, 2.24) is 9.38 Å². The van der Waals surface area contributed by atoms with E-state index in [0.29, 0.717) is 12.6 Å². The predicted octanol–water partition coefficient (Wildman–Crippen LogP) is 2.91. The van der Waals surface area contributed by atoms with Crippen molar-refractivity contribution in [2.45, 2.75) is 45.1 Å². The van der Waals surface area contributed by atoms with Gasteiger partial charge in [0, 0.05) is 31.1 Å². The van der Waals surface area contributed by atoms with Gasteiger partial charge < -0.3 is 10.6 Å². The highest BCUT2D eigenvalue weighted by molar-refractivity contribution is 7.15. The standard InChI is InChI=1S/C15H24N4S/c1-11-3-5-12(6-4-11)18(2)14-13(7-8-16)19-9-10-20-15(19)17-14/h9-12H,3-8,16H2,1-2H3. The highest BCUT2D eigenvalue weighted by atomic mass is 32.1. The van der Waals surface area contributed by atoms with E-state index >= 15 is 0 Å². The Morgan fingerprint density at radius 3 is 2.85 bits per heavy atom. The summed E-state index contributed by atoms with van der Waals surface area (Å²) >= 11 is 1.70. The lowest BCUT2D eigenvalue weighted by atomic mass is 9.87. The molecule has 0 aliphatic heterocycles.